The average Bonchev–Trinajstić information content (AvgIpc) is 3.06. The van der Waals surface area contributed by atoms with Crippen molar-refractivity contribution in [3.63, 3.8) is 0 Å². The zero-order valence-electron chi connectivity index (χ0n) is 15.9. The highest BCUT2D eigenvalue weighted by Crippen LogP contribution is 2.45. The monoisotopic (exact) mass is 413 g/mol. The SMILES string of the molecule is Cl.N[C@@H]1CN(S(=O)(=O)N2CCC3(CCCCC3)CC2)C[C@H]1c1ccccc1. The van der Waals surface area contributed by atoms with E-state index in [-0.39, 0.29) is 24.4 Å². The van der Waals surface area contributed by atoms with Gasteiger partial charge >= 0.3 is 0 Å². The molecule has 0 unspecified atom stereocenters. The van der Waals surface area contributed by atoms with Crippen molar-refractivity contribution < 1.29 is 8.42 Å². The molecule has 1 aliphatic carbocycles. The predicted octanol–water partition coefficient (Wildman–Crippen LogP) is 3.13. The van der Waals surface area contributed by atoms with Gasteiger partial charge in [-0.15, -0.1) is 12.4 Å². The van der Waals surface area contributed by atoms with Gasteiger partial charge in [0, 0.05) is 38.1 Å². The molecule has 27 heavy (non-hydrogen) atoms. The first kappa shape index (κ1) is 21.1. The van der Waals surface area contributed by atoms with Crippen molar-refractivity contribution in [2.75, 3.05) is 26.2 Å². The van der Waals surface area contributed by atoms with Gasteiger partial charge in [-0.25, -0.2) is 0 Å². The van der Waals surface area contributed by atoms with Gasteiger partial charge in [-0.2, -0.15) is 17.0 Å². The molecule has 2 N–H and O–H groups in total. The molecule has 2 atom stereocenters. The molecule has 7 heteroatoms. The third kappa shape index (κ3) is 4.20. The van der Waals surface area contributed by atoms with Crippen LogP contribution in [0.5, 0.6) is 0 Å². The minimum Gasteiger partial charge on any atom is -0.326 e. The van der Waals surface area contributed by atoms with Crippen molar-refractivity contribution in [1.29, 1.82) is 0 Å². The number of rotatable bonds is 3. The number of piperidine rings is 1. The maximum absolute atomic E-state index is 13.2. The van der Waals surface area contributed by atoms with Gasteiger partial charge in [-0.3, -0.25) is 0 Å². The standard InChI is InChI=1S/C20H31N3O2S.ClH/c21-19-16-23(15-18(19)17-7-3-1-4-8-17)26(24,25)22-13-11-20(12-14-22)9-5-2-6-10-20;/h1,3-4,7-8,18-19H,2,5-6,9-16,21H2;1H/t18-,19+;/m0./s1. The van der Waals surface area contributed by atoms with Crippen LogP contribution in [0.25, 0.3) is 0 Å². The summed E-state index contributed by atoms with van der Waals surface area (Å²) in [5.41, 5.74) is 7.87. The van der Waals surface area contributed by atoms with Crippen LogP contribution < -0.4 is 5.73 Å². The summed E-state index contributed by atoms with van der Waals surface area (Å²) in [6, 6.07) is 9.93. The van der Waals surface area contributed by atoms with Gasteiger partial charge in [0.1, 0.15) is 0 Å². The average molecular weight is 414 g/mol. The molecule has 152 valence electrons. The third-order valence-corrected chi connectivity index (χ3v) is 8.88. The van der Waals surface area contributed by atoms with E-state index in [2.05, 4.69) is 0 Å². The molecule has 0 aromatic heterocycles. The normalized spacial score (nSPS) is 29.5. The molecule has 2 aliphatic heterocycles. The van der Waals surface area contributed by atoms with E-state index in [0.29, 0.717) is 31.6 Å². The molecule has 3 fully saturated rings. The van der Waals surface area contributed by atoms with E-state index >= 15 is 0 Å². The van der Waals surface area contributed by atoms with E-state index in [4.69, 9.17) is 5.73 Å². The summed E-state index contributed by atoms with van der Waals surface area (Å²) in [7, 11) is -3.40. The van der Waals surface area contributed by atoms with E-state index in [1.807, 2.05) is 30.3 Å². The summed E-state index contributed by atoms with van der Waals surface area (Å²) < 4.78 is 29.7. The van der Waals surface area contributed by atoms with Gasteiger partial charge in [0.15, 0.2) is 0 Å². The van der Waals surface area contributed by atoms with Gasteiger partial charge in [0.25, 0.3) is 10.2 Å². The number of nitrogens with zero attached hydrogens (tertiary/aromatic N) is 2. The number of nitrogens with two attached hydrogens (primary N) is 1. The number of halogens is 1. The fourth-order valence-corrected chi connectivity index (χ4v) is 6.87. The number of benzene rings is 1. The molecule has 0 bridgehead atoms. The lowest BCUT2D eigenvalue weighted by atomic mass is 9.68. The highest BCUT2D eigenvalue weighted by atomic mass is 35.5. The summed E-state index contributed by atoms with van der Waals surface area (Å²) in [4.78, 5) is 0. The quantitative estimate of drug-likeness (QED) is 0.827. The van der Waals surface area contributed by atoms with Gasteiger partial charge < -0.3 is 5.73 Å². The summed E-state index contributed by atoms with van der Waals surface area (Å²) in [5, 5.41) is 0. The minimum atomic E-state index is -3.40. The van der Waals surface area contributed by atoms with Gasteiger partial charge in [-0.05, 0) is 36.7 Å². The van der Waals surface area contributed by atoms with Gasteiger partial charge in [0.2, 0.25) is 0 Å². The van der Waals surface area contributed by atoms with Crippen LogP contribution in [0, 0.1) is 5.41 Å². The van der Waals surface area contributed by atoms with E-state index in [9.17, 15) is 8.42 Å². The minimum absolute atomic E-state index is 0. The first-order valence-electron chi connectivity index (χ1n) is 10.1. The highest BCUT2D eigenvalue weighted by molar-refractivity contribution is 7.86. The van der Waals surface area contributed by atoms with Crippen molar-refractivity contribution in [2.45, 2.75) is 56.9 Å². The summed E-state index contributed by atoms with van der Waals surface area (Å²) in [6.07, 6.45) is 8.58. The van der Waals surface area contributed by atoms with Crippen molar-refractivity contribution >= 4 is 22.6 Å². The summed E-state index contributed by atoms with van der Waals surface area (Å²) in [5.74, 6) is 0.0838. The number of hydrogen-bond acceptors (Lipinski definition) is 3. The van der Waals surface area contributed by atoms with Crippen molar-refractivity contribution in [2.24, 2.45) is 11.1 Å². The Morgan fingerprint density at radius 1 is 0.889 bits per heavy atom. The smallest absolute Gasteiger partial charge is 0.282 e. The first-order chi connectivity index (χ1) is 12.5. The second kappa shape index (κ2) is 8.37. The Hall–Kier alpha value is -0.660. The van der Waals surface area contributed by atoms with Crippen molar-refractivity contribution in [3.05, 3.63) is 35.9 Å². The van der Waals surface area contributed by atoms with Crippen LogP contribution >= 0.6 is 12.4 Å². The Bertz CT molecular complexity index is 712. The summed E-state index contributed by atoms with van der Waals surface area (Å²) in [6.45, 7) is 2.26. The van der Waals surface area contributed by atoms with Crippen LogP contribution in [0.15, 0.2) is 30.3 Å². The Labute approximate surface area is 169 Å². The largest absolute Gasteiger partial charge is 0.326 e. The topological polar surface area (TPSA) is 66.6 Å². The fraction of sp³-hybridized carbons (Fsp3) is 0.700. The predicted molar refractivity (Wildman–Crippen MR) is 111 cm³/mol. The lowest BCUT2D eigenvalue weighted by molar-refractivity contribution is 0.0998. The van der Waals surface area contributed by atoms with Crippen LogP contribution in [0.4, 0.5) is 0 Å². The highest BCUT2D eigenvalue weighted by Gasteiger charge is 2.43. The lowest BCUT2D eigenvalue weighted by Crippen LogP contribution is -2.49. The Balaban J connectivity index is 0.00000210. The lowest BCUT2D eigenvalue weighted by Gasteiger charge is -2.44. The van der Waals surface area contributed by atoms with E-state index in [1.165, 1.54) is 32.1 Å². The zero-order valence-corrected chi connectivity index (χ0v) is 17.6. The van der Waals surface area contributed by atoms with Crippen molar-refractivity contribution in [1.82, 2.24) is 8.61 Å². The van der Waals surface area contributed by atoms with E-state index in [1.54, 1.807) is 8.61 Å². The molecule has 1 saturated carbocycles. The molecule has 3 aliphatic rings. The van der Waals surface area contributed by atoms with Crippen LogP contribution in [0.1, 0.15) is 56.4 Å². The molecular formula is C20H32ClN3O2S. The molecule has 2 saturated heterocycles. The maximum Gasteiger partial charge on any atom is 0.282 e. The van der Waals surface area contributed by atoms with Crippen LogP contribution in [-0.4, -0.2) is 49.2 Å². The van der Waals surface area contributed by atoms with Crippen molar-refractivity contribution in [3.8, 4) is 0 Å². The molecule has 0 radical (unpaired) electrons. The van der Waals surface area contributed by atoms with E-state index in [0.717, 1.165) is 18.4 Å². The molecular weight excluding hydrogens is 382 g/mol. The van der Waals surface area contributed by atoms with Gasteiger partial charge in [-0.1, -0.05) is 49.6 Å². The Morgan fingerprint density at radius 3 is 2.15 bits per heavy atom. The Morgan fingerprint density at radius 2 is 1.52 bits per heavy atom. The first-order valence-corrected chi connectivity index (χ1v) is 11.5. The maximum atomic E-state index is 13.2. The fourth-order valence-electron chi connectivity index (χ4n) is 5.19. The molecule has 1 aromatic rings. The molecule has 2 heterocycles. The molecule has 5 nitrogen and oxygen atoms in total. The Kier molecular flexibility index (Phi) is 6.53. The molecule has 1 aromatic carbocycles. The summed E-state index contributed by atoms with van der Waals surface area (Å²) >= 11 is 0. The van der Waals surface area contributed by atoms with Gasteiger partial charge in [0.05, 0.1) is 0 Å². The third-order valence-electron chi connectivity index (χ3n) is 6.91. The van der Waals surface area contributed by atoms with Crippen LogP contribution in [0.3, 0.4) is 0 Å². The van der Waals surface area contributed by atoms with Crippen LogP contribution in [-0.2, 0) is 10.2 Å². The second-order valence-electron chi connectivity index (χ2n) is 8.47. The molecule has 4 rings (SSSR count). The molecule has 0 amide bonds. The zero-order chi connectivity index (χ0) is 18.2. The number of hydrogen-bond donors (Lipinski definition) is 1. The molecule has 1 spiro atoms. The second-order valence-corrected chi connectivity index (χ2v) is 10.4. The van der Waals surface area contributed by atoms with E-state index < -0.39 is 10.2 Å². The van der Waals surface area contributed by atoms with Crippen LogP contribution in [0.2, 0.25) is 0 Å².